The van der Waals surface area contributed by atoms with Crippen LogP contribution in [0.2, 0.25) is 0 Å². The highest BCUT2D eigenvalue weighted by Crippen LogP contribution is 2.44. The van der Waals surface area contributed by atoms with Crippen molar-refractivity contribution in [3.63, 3.8) is 0 Å². The summed E-state index contributed by atoms with van der Waals surface area (Å²) in [5.41, 5.74) is 1.82. The Morgan fingerprint density at radius 1 is 0.926 bits per heavy atom. The van der Waals surface area contributed by atoms with Crippen LogP contribution in [-0.4, -0.2) is 48.8 Å². The molecule has 0 spiro atoms. The van der Waals surface area contributed by atoms with Gasteiger partial charge in [0, 0.05) is 44.2 Å². The normalized spacial score (nSPS) is 16.9. The molecule has 0 N–H and O–H groups in total. The molecule has 0 bridgehead atoms. The zero-order chi connectivity index (χ0) is 19.0. The van der Waals surface area contributed by atoms with Gasteiger partial charge in [-0.1, -0.05) is 36.4 Å². The maximum atomic E-state index is 13.5. The summed E-state index contributed by atoms with van der Waals surface area (Å²) in [6.45, 7) is 1.23. The third-order valence-corrected chi connectivity index (χ3v) is 5.52. The zero-order valence-electron chi connectivity index (χ0n) is 15.7. The lowest BCUT2D eigenvalue weighted by molar-refractivity contribution is -0.139. The van der Waals surface area contributed by atoms with E-state index in [9.17, 15) is 9.59 Å². The summed E-state index contributed by atoms with van der Waals surface area (Å²) in [6.07, 6.45) is 1.44. The first-order chi connectivity index (χ1) is 13.1. The molecule has 1 saturated heterocycles. The zero-order valence-corrected chi connectivity index (χ0v) is 15.7. The lowest BCUT2D eigenvalue weighted by atomic mass is 9.85. The minimum atomic E-state index is -0.354. The summed E-state index contributed by atoms with van der Waals surface area (Å²) < 4.78 is 6.00. The first kappa shape index (κ1) is 17.6. The van der Waals surface area contributed by atoms with Gasteiger partial charge in [0.2, 0.25) is 11.8 Å². The van der Waals surface area contributed by atoms with E-state index in [-0.39, 0.29) is 23.7 Å². The largest absolute Gasteiger partial charge is 0.457 e. The van der Waals surface area contributed by atoms with Crippen LogP contribution in [0.5, 0.6) is 11.5 Å². The van der Waals surface area contributed by atoms with E-state index in [0.29, 0.717) is 13.1 Å². The number of carbonyl (C=O) groups is 2. The van der Waals surface area contributed by atoms with E-state index in [4.69, 9.17) is 4.74 Å². The monoisotopic (exact) mass is 364 g/mol. The molecule has 0 saturated carbocycles. The number of hydrogen-bond acceptors (Lipinski definition) is 3. The van der Waals surface area contributed by atoms with E-state index >= 15 is 0 Å². The van der Waals surface area contributed by atoms with Gasteiger partial charge in [-0.2, -0.15) is 0 Å². The van der Waals surface area contributed by atoms with Crippen LogP contribution in [0.15, 0.2) is 48.5 Å². The number of likely N-dealkylation sites (tertiary alicyclic amines) is 1. The second kappa shape index (κ2) is 7.06. The Labute approximate surface area is 159 Å². The molecule has 1 fully saturated rings. The van der Waals surface area contributed by atoms with Crippen LogP contribution < -0.4 is 4.74 Å². The number of hydrogen-bond donors (Lipinski definition) is 0. The van der Waals surface area contributed by atoms with Crippen LogP contribution in [-0.2, 0) is 9.59 Å². The lowest BCUT2D eigenvalue weighted by Gasteiger charge is -2.36. The minimum absolute atomic E-state index is 0.0123. The molecule has 2 amide bonds. The molecule has 4 rings (SSSR count). The maximum Gasteiger partial charge on any atom is 0.234 e. The van der Waals surface area contributed by atoms with Crippen LogP contribution in [0.25, 0.3) is 0 Å². The minimum Gasteiger partial charge on any atom is -0.457 e. The van der Waals surface area contributed by atoms with Crippen LogP contribution in [0.1, 0.15) is 29.9 Å². The number of amides is 2. The Balaban J connectivity index is 1.59. The summed E-state index contributed by atoms with van der Waals surface area (Å²) in [7, 11) is 3.57. The van der Waals surface area contributed by atoms with E-state index in [2.05, 4.69) is 0 Å². The molecule has 2 aromatic carbocycles. The Bertz CT molecular complexity index is 824. The van der Waals surface area contributed by atoms with E-state index in [1.165, 1.54) is 0 Å². The maximum absolute atomic E-state index is 13.5. The fraction of sp³-hybridized carbons (Fsp3) is 0.364. The molecular weight excluding hydrogens is 340 g/mol. The molecule has 27 heavy (non-hydrogen) atoms. The molecule has 2 aromatic rings. The van der Waals surface area contributed by atoms with Crippen molar-refractivity contribution >= 4 is 11.8 Å². The van der Waals surface area contributed by atoms with Gasteiger partial charge >= 0.3 is 0 Å². The molecule has 0 aliphatic carbocycles. The number of carbonyl (C=O) groups excluding carboxylic acids is 2. The SMILES string of the molecule is CN(C)C(=O)C1CCN(C(=O)C2c3ccccc3Oc3ccccc32)CC1. The van der Waals surface area contributed by atoms with Crippen molar-refractivity contribution in [2.24, 2.45) is 5.92 Å². The molecule has 0 aromatic heterocycles. The third kappa shape index (κ3) is 3.18. The molecule has 140 valence electrons. The molecule has 2 aliphatic heterocycles. The highest BCUT2D eigenvalue weighted by Gasteiger charge is 2.37. The predicted molar refractivity (Wildman–Crippen MR) is 103 cm³/mol. The standard InChI is InChI=1S/C22H24N2O3/c1-23(2)21(25)15-11-13-24(14-12-15)22(26)20-16-7-3-5-9-18(16)27-19-10-6-4-8-17(19)20/h3-10,15,20H,11-14H2,1-2H3. The van der Waals surface area contributed by atoms with Gasteiger partial charge in [0.1, 0.15) is 11.5 Å². The van der Waals surface area contributed by atoms with Crippen molar-refractivity contribution in [1.29, 1.82) is 0 Å². The Morgan fingerprint density at radius 2 is 1.44 bits per heavy atom. The summed E-state index contributed by atoms with van der Waals surface area (Å²) >= 11 is 0. The number of fused-ring (bicyclic) bond motifs is 2. The van der Waals surface area contributed by atoms with Gasteiger partial charge in [-0.3, -0.25) is 9.59 Å². The Kier molecular flexibility index (Phi) is 4.60. The van der Waals surface area contributed by atoms with Gasteiger partial charge in [-0.15, -0.1) is 0 Å². The summed E-state index contributed by atoms with van der Waals surface area (Å²) in [5, 5.41) is 0. The topological polar surface area (TPSA) is 49.9 Å². The lowest BCUT2D eigenvalue weighted by Crippen LogP contribution is -2.44. The number of ether oxygens (including phenoxy) is 1. The van der Waals surface area contributed by atoms with Crippen LogP contribution >= 0.6 is 0 Å². The molecule has 2 aliphatic rings. The Hall–Kier alpha value is -2.82. The third-order valence-electron chi connectivity index (χ3n) is 5.52. The first-order valence-corrected chi connectivity index (χ1v) is 9.42. The van der Waals surface area contributed by atoms with E-state index in [0.717, 1.165) is 35.5 Å². The van der Waals surface area contributed by atoms with Crippen molar-refractivity contribution in [3.8, 4) is 11.5 Å². The average molecular weight is 364 g/mol. The number of benzene rings is 2. The predicted octanol–water partition coefficient (Wildman–Crippen LogP) is 3.25. The van der Waals surface area contributed by atoms with Gasteiger partial charge < -0.3 is 14.5 Å². The second-order valence-corrected chi connectivity index (χ2v) is 7.44. The molecule has 5 heteroatoms. The smallest absolute Gasteiger partial charge is 0.234 e. The van der Waals surface area contributed by atoms with Crippen LogP contribution in [0.3, 0.4) is 0 Å². The fourth-order valence-corrected chi connectivity index (χ4v) is 4.07. The van der Waals surface area contributed by atoms with Crippen molar-refractivity contribution < 1.29 is 14.3 Å². The van der Waals surface area contributed by atoms with E-state index in [1.54, 1.807) is 19.0 Å². The van der Waals surface area contributed by atoms with Gasteiger partial charge in [0.25, 0.3) is 0 Å². The summed E-state index contributed by atoms with van der Waals surface area (Å²) in [5.74, 6) is 1.39. The summed E-state index contributed by atoms with van der Waals surface area (Å²) in [4.78, 5) is 29.2. The van der Waals surface area contributed by atoms with Crippen LogP contribution in [0.4, 0.5) is 0 Å². The fourth-order valence-electron chi connectivity index (χ4n) is 4.07. The molecule has 0 atom stereocenters. The molecular formula is C22H24N2O3. The molecule has 2 heterocycles. The second-order valence-electron chi connectivity index (χ2n) is 7.44. The van der Waals surface area contributed by atoms with Crippen molar-refractivity contribution in [2.45, 2.75) is 18.8 Å². The Morgan fingerprint density at radius 3 is 1.96 bits per heavy atom. The van der Waals surface area contributed by atoms with Gasteiger partial charge in [-0.05, 0) is 25.0 Å². The summed E-state index contributed by atoms with van der Waals surface area (Å²) in [6, 6.07) is 15.5. The first-order valence-electron chi connectivity index (χ1n) is 9.42. The van der Waals surface area contributed by atoms with E-state index < -0.39 is 0 Å². The van der Waals surface area contributed by atoms with Gasteiger partial charge in [0.05, 0.1) is 5.92 Å². The highest BCUT2D eigenvalue weighted by atomic mass is 16.5. The highest BCUT2D eigenvalue weighted by molar-refractivity contribution is 5.90. The average Bonchev–Trinajstić information content (AvgIpc) is 2.71. The van der Waals surface area contributed by atoms with Crippen LogP contribution in [0, 0.1) is 5.92 Å². The van der Waals surface area contributed by atoms with Crippen molar-refractivity contribution in [3.05, 3.63) is 59.7 Å². The number of nitrogens with zero attached hydrogens (tertiary/aromatic N) is 2. The van der Waals surface area contributed by atoms with Crippen molar-refractivity contribution in [2.75, 3.05) is 27.2 Å². The van der Waals surface area contributed by atoms with Gasteiger partial charge in [-0.25, -0.2) is 0 Å². The quantitative estimate of drug-likeness (QED) is 0.822. The van der Waals surface area contributed by atoms with Gasteiger partial charge in [0.15, 0.2) is 0 Å². The molecule has 0 radical (unpaired) electrons. The molecule has 5 nitrogen and oxygen atoms in total. The number of piperidine rings is 1. The molecule has 0 unspecified atom stereocenters. The van der Waals surface area contributed by atoms with Crippen molar-refractivity contribution in [1.82, 2.24) is 9.80 Å². The number of para-hydroxylation sites is 2. The van der Waals surface area contributed by atoms with E-state index in [1.807, 2.05) is 53.4 Å². The number of rotatable bonds is 2.